The highest BCUT2D eigenvalue weighted by atomic mass is 16.6. The van der Waals surface area contributed by atoms with Gasteiger partial charge >= 0.3 is 5.97 Å². The van der Waals surface area contributed by atoms with Crippen LogP contribution in [0.4, 0.5) is 0 Å². The van der Waals surface area contributed by atoms with Crippen molar-refractivity contribution in [3.63, 3.8) is 0 Å². The van der Waals surface area contributed by atoms with Gasteiger partial charge in [0.05, 0.1) is 18.8 Å². The minimum Gasteiger partial charge on any atom is -0.461 e. The summed E-state index contributed by atoms with van der Waals surface area (Å²) < 4.78 is 10.9. The number of hydrogen-bond acceptors (Lipinski definition) is 4. The van der Waals surface area contributed by atoms with Crippen LogP contribution in [0.3, 0.4) is 0 Å². The fraction of sp³-hybridized carbons (Fsp3) is 0.750. The fourth-order valence-electron chi connectivity index (χ4n) is 1.94. The van der Waals surface area contributed by atoms with Crippen LogP contribution in [0.25, 0.3) is 0 Å². The molecule has 2 unspecified atom stereocenters. The largest absolute Gasteiger partial charge is 0.461 e. The second-order valence-electron chi connectivity index (χ2n) is 4.26. The molecule has 16 heavy (non-hydrogen) atoms. The van der Waals surface area contributed by atoms with Crippen LogP contribution < -0.4 is 5.32 Å². The standard InChI is InChI=1S/C12H21NO3/c1-4-5-13-8-12(14)16-11-6-9(2)15-10(3)7-11/h4,9-11,13H,1,5-8H2,2-3H3. The van der Waals surface area contributed by atoms with Gasteiger partial charge in [-0.2, -0.15) is 0 Å². The highest BCUT2D eigenvalue weighted by molar-refractivity contribution is 5.71. The molecule has 4 heteroatoms. The fourth-order valence-corrected chi connectivity index (χ4v) is 1.94. The lowest BCUT2D eigenvalue weighted by molar-refractivity contribution is -0.158. The molecule has 0 spiro atoms. The molecule has 4 nitrogen and oxygen atoms in total. The third-order valence-corrected chi connectivity index (χ3v) is 2.51. The third-order valence-electron chi connectivity index (χ3n) is 2.51. The van der Waals surface area contributed by atoms with Crippen LogP contribution in [0.2, 0.25) is 0 Å². The van der Waals surface area contributed by atoms with Crippen molar-refractivity contribution in [2.45, 2.75) is 45.0 Å². The first-order valence-electron chi connectivity index (χ1n) is 5.78. The lowest BCUT2D eigenvalue weighted by Crippen LogP contribution is -2.37. The van der Waals surface area contributed by atoms with Crippen molar-refractivity contribution in [1.82, 2.24) is 5.32 Å². The van der Waals surface area contributed by atoms with E-state index < -0.39 is 0 Å². The molecule has 1 aliphatic heterocycles. The lowest BCUT2D eigenvalue weighted by atomic mass is 10.0. The smallest absolute Gasteiger partial charge is 0.320 e. The molecular weight excluding hydrogens is 206 g/mol. The van der Waals surface area contributed by atoms with Crippen molar-refractivity contribution in [2.24, 2.45) is 0 Å². The maximum atomic E-state index is 11.4. The summed E-state index contributed by atoms with van der Waals surface area (Å²) in [5, 5.41) is 2.92. The Kier molecular flexibility index (Phi) is 5.49. The molecule has 1 fully saturated rings. The van der Waals surface area contributed by atoms with E-state index >= 15 is 0 Å². The lowest BCUT2D eigenvalue weighted by Gasteiger charge is -2.31. The quantitative estimate of drug-likeness (QED) is 0.436. The highest BCUT2D eigenvalue weighted by Gasteiger charge is 2.26. The number of hydrogen-bond donors (Lipinski definition) is 1. The van der Waals surface area contributed by atoms with Crippen molar-refractivity contribution in [3.8, 4) is 0 Å². The Balaban J connectivity index is 2.24. The van der Waals surface area contributed by atoms with Gasteiger partial charge in [-0.15, -0.1) is 6.58 Å². The summed E-state index contributed by atoms with van der Waals surface area (Å²) in [4.78, 5) is 11.4. The second-order valence-corrected chi connectivity index (χ2v) is 4.26. The Hall–Kier alpha value is -0.870. The normalized spacial score (nSPS) is 29.8. The van der Waals surface area contributed by atoms with Gasteiger partial charge in [-0.05, 0) is 13.8 Å². The van der Waals surface area contributed by atoms with E-state index in [0.717, 1.165) is 12.8 Å². The van der Waals surface area contributed by atoms with E-state index in [1.807, 2.05) is 13.8 Å². The van der Waals surface area contributed by atoms with Gasteiger partial charge in [0.25, 0.3) is 0 Å². The van der Waals surface area contributed by atoms with Crippen LogP contribution in [0, 0.1) is 0 Å². The summed E-state index contributed by atoms with van der Waals surface area (Å²) >= 11 is 0. The van der Waals surface area contributed by atoms with Crippen LogP contribution in [-0.2, 0) is 14.3 Å². The Morgan fingerprint density at radius 1 is 1.50 bits per heavy atom. The highest BCUT2D eigenvalue weighted by Crippen LogP contribution is 2.21. The molecule has 1 rings (SSSR count). The van der Waals surface area contributed by atoms with E-state index in [1.54, 1.807) is 6.08 Å². The first kappa shape index (κ1) is 13.2. The van der Waals surface area contributed by atoms with E-state index in [-0.39, 0.29) is 30.8 Å². The molecule has 0 amide bonds. The SMILES string of the molecule is C=CCNCC(=O)OC1CC(C)OC(C)C1. The topological polar surface area (TPSA) is 47.6 Å². The van der Waals surface area contributed by atoms with Crippen molar-refractivity contribution in [3.05, 3.63) is 12.7 Å². The van der Waals surface area contributed by atoms with E-state index in [1.165, 1.54) is 0 Å². The molecule has 2 atom stereocenters. The maximum absolute atomic E-state index is 11.4. The van der Waals surface area contributed by atoms with Gasteiger partial charge in [0, 0.05) is 19.4 Å². The van der Waals surface area contributed by atoms with Crippen LogP contribution in [0.1, 0.15) is 26.7 Å². The van der Waals surface area contributed by atoms with Gasteiger partial charge in [0.15, 0.2) is 0 Å². The predicted octanol–water partition coefficient (Wildman–Crippen LogP) is 1.26. The molecule has 1 saturated heterocycles. The van der Waals surface area contributed by atoms with Crippen molar-refractivity contribution in [2.75, 3.05) is 13.1 Å². The molecule has 0 aromatic heterocycles. The minimum atomic E-state index is -0.201. The molecule has 1 heterocycles. The average Bonchev–Trinajstić information content (AvgIpc) is 2.16. The van der Waals surface area contributed by atoms with Crippen molar-refractivity contribution in [1.29, 1.82) is 0 Å². The molecule has 1 aliphatic rings. The summed E-state index contributed by atoms with van der Waals surface area (Å²) in [6.45, 7) is 8.44. The van der Waals surface area contributed by atoms with Crippen LogP contribution in [0.15, 0.2) is 12.7 Å². The Morgan fingerprint density at radius 3 is 2.69 bits per heavy atom. The number of esters is 1. The van der Waals surface area contributed by atoms with Gasteiger partial charge in [0.2, 0.25) is 0 Å². The number of carbonyl (C=O) groups excluding carboxylic acids is 1. The number of nitrogens with one attached hydrogen (secondary N) is 1. The Labute approximate surface area is 97.0 Å². The van der Waals surface area contributed by atoms with Crippen LogP contribution in [0.5, 0.6) is 0 Å². The molecular formula is C12H21NO3. The maximum Gasteiger partial charge on any atom is 0.320 e. The van der Waals surface area contributed by atoms with E-state index in [9.17, 15) is 4.79 Å². The van der Waals surface area contributed by atoms with Gasteiger partial charge < -0.3 is 14.8 Å². The van der Waals surface area contributed by atoms with Gasteiger partial charge in [-0.25, -0.2) is 0 Å². The third kappa shape index (κ3) is 4.77. The first-order valence-corrected chi connectivity index (χ1v) is 5.78. The second kappa shape index (κ2) is 6.66. The van der Waals surface area contributed by atoms with Gasteiger partial charge in [-0.3, -0.25) is 4.79 Å². The Bertz CT molecular complexity index is 232. The average molecular weight is 227 g/mol. The monoisotopic (exact) mass is 227 g/mol. The van der Waals surface area contributed by atoms with Crippen LogP contribution >= 0.6 is 0 Å². The minimum absolute atomic E-state index is 0.00298. The number of rotatable bonds is 5. The molecule has 0 saturated carbocycles. The van der Waals surface area contributed by atoms with Crippen LogP contribution in [-0.4, -0.2) is 37.4 Å². The van der Waals surface area contributed by atoms with Gasteiger partial charge in [-0.1, -0.05) is 6.08 Å². The Morgan fingerprint density at radius 2 is 2.12 bits per heavy atom. The van der Waals surface area contributed by atoms with Gasteiger partial charge in [0.1, 0.15) is 6.10 Å². The van der Waals surface area contributed by atoms with E-state index in [4.69, 9.17) is 9.47 Å². The zero-order chi connectivity index (χ0) is 12.0. The summed E-state index contributed by atoms with van der Waals surface area (Å²) in [5.74, 6) is -0.201. The zero-order valence-corrected chi connectivity index (χ0v) is 10.1. The number of ether oxygens (including phenoxy) is 2. The summed E-state index contributed by atoms with van der Waals surface area (Å²) in [6.07, 6.45) is 3.63. The first-order chi connectivity index (χ1) is 7.61. The molecule has 0 aromatic carbocycles. The summed E-state index contributed by atoms with van der Waals surface area (Å²) in [7, 11) is 0. The molecule has 92 valence electrons. The summed E-state index contributed by atoms with van der Waals surface area (Å²) in [6, 6.07) is 0. The van der Waals surface area contributed by atoms with Crippen molar-refractivity contribution < 1.29 is 14.3 Å². The van der Waals surface area contributed by atoms with E-state index in [2.05, 4.69) is 11.9 Å². The molecule has 0 aliphatic carbocycles. The molecule has 0 aromatic rings. The zero-order valence-electron chi connectivity index (χ0n) is 10.1. The van der Waals surface area contributed by atoms with E-state index in [0.29, 0.717) is 6.54 Å². The van der Waals surface area contributed by atoms with Crippen molar-refractivity contribution >= 4 is 5.97 Å². The predicted molar refractivity (Wildman–Crippen MR) is 62.2 cm³/mol. The molecule has 0 radical (unpaired) electrons. The number of carbonyl (C=O) groups is 1. The summed E-state index contributed by atoms with van der Waals surface area (Å²) in [5.41, 5.74) is 0. The molecule has 1 N–H and O–H groups in total. The molecule has 0 bridgehead atoms.